The number of benzene rings is 1. The lowest BCUT2D eigenvalue weighted by atomic mass is 9.77. The lowest BCUT2D eigenvalue weighted by molar-refractivity contribution is 0.00691. The number of halogens is 1. The lowest BCUT2D eigenvalue weighted by Crippen LogP contribution is -2.24. The van der Waals surface area contributed by atoms with E-state index in [1.165, 1.54) is 6.92 Å². The number of aromatic nitrogens is 2. The number of rotatable bonds is 10. The SMILES string of the molecule is C[B]c1nc(OCC)n(CC(/C=C\C(=C/C)c2ccccc2C(=O)OC(C)(C)C)=C(/C)F)c1C=O. The van der Waals surface area contributed by atoms with Gasteiger partial charge in [-0.25, -0.2) is 14.2 Å². The second kappa shape index (κ2) is 12.3. The zero-order valence-corrected chi connectivity index (χ0v) is 21.5. The summed E-state index contributed by atoms with van der Waals surface area (Å²) < 4.78 is 27.3. The van der Waals surface area contributed by atoms with E-state index < -0.39 is 17.4 Å². The molecule has 0 N–H and O–H groups in total. The summed E-state index contributed by atoms with van der Waals surface area (Å²) in [4.78, 5) is 28.9. The fraction of sp³-hybridized carbons (Fsp3) is 0.370. The fourth-order valence-corrected chi connectivity index (χ4v) is 3.42. The molecule has 0 amide bonds. The predicted octanol–water partition coefficient (Wildman–Crippen LogP) is 5.33. The molecule has 8 heteroatoms. The Bertz CT molecular complexity index is 1150. The molecule has 185 valence electrons. The molecule has 0 saturated carbocycles. The number of imidazole rings is 1. The van der Waals surface area contributed by atoms with Crippen LogP contribution >= 0.6 is 0 Å². The first-order valence-electron chi connectivity index (χ1n) is 11.6. The number of allylic oxidation sites excluding steroid dienone is 6. The van der Waals surface area contributed by atoms with Gasteiger partial charge in [-0.1, -0.05) is 43.3 Å². The van der Waals surface area contributed by atoms with Crippen molar-refractivity contribution in [3.8, 4) is 6.01 Å². The average molecular weight is 479 g/mol. The van der Waals surface area contributed by atoms with Crippen molar-refractivity contribution in [2.24, 2.45) is 0 Å². The highest BCUT2D eigenvalue weighted by atomic mass is 19.1. The number of nitrogens with zero attached hydrogens (tertiary/aromatic N) is 2. The van der Waals surface area contributed by atoms with Crippen LogP contribution in [0.1, 0.15) is 68.0 Å². The van der Waals surface area contributed by atoms with Crippen LogP contribution in [-0.2, 0) is 11.3 Å². The monoisotopic (exact) mass is 479 g/mol. The summed E-state index contributed by atoms with van der Waals surface area (Å²) in [7, 11) is 1.70. The van der Waals surface area contributed by atoms with Gasteiger partial charge in [-0.15, -0.1) is 0 Å². The molecule has 0 aliphatic heterocycles. The van der Waals surface area contributed by atoms with Gasteiger partial charge in [0.1, 0.15) is 11.4 Å². The summed E-state index contributed by atoms with van der Waals surface area (Å²) in [6, 6.07) is 7.38. The van der Waals surface area contributed by atoms with Crippen molar-refractivity contribution in [1.29, 1.82) is 0 Å². The molecule has 1 aromatic carbocycles. The Morgan fingerprint density at radius 3 is 2.37 bits per heavy atom. The third kappa shape index (κ3) is 7.28. The molecular weight excluding hydrogens is 446 g/mol. The summed E-state index contributed by atoms with van der Waals surface area (Å²) in [5.74, 6) is -0.843. The Labute approximate surface area is 207 Å². The van der Waals surface area contributed by atoms with Gasteiger partial charge in [-0.3, -0.25) is 9.36 Å². The van der Waals surface area contributed by atoms with Crippen molar-refractivity contribution >= 4 is 30.7 Å². The van der Waals surface area contributed by atoms with E-state index in [1.54, 1.807) is 43.0 Å². The summed E-state index contributed by atoms with van der Waals surface area (Å²) in [6.45, 7) is 12.6. The molecule has 2 aromatic rings. The van der Waals surface area contributed by atoms with Gasteiger partial charge < -0.3 is 9.47 Å². The molecule has 0 spiro atoms. The number of esters is 1. The zero-order chi connectivity index (χ0) is 26.2. The van der Waals surface area contributed by atoms with E-state index in [1.807, 2.05) is 52.8 Å². The van der Waals surface area contributed by atoms with Crippen LogP contribution < -0.4 is 10.3 Å². The van der Waals surface area contributed by atoms with Crippen LogP contribution in [0.2, 0.25) is 6.82 Å². The number of hydrogen-bond acceptors (Lipinski definition) is 5. The highest BCUT2D eigenvalue weighted by molar-refractivity contribution is 6.52. The van der Waals surface area contributed by atoms with Gasteiger partial charge in [-0.05, 0) is 58.7 Å². The fourth-order valence-electron chi connectivity index (χ4n) is 3.42. The van der Waals surface area contributed by atoms with Gasteiger partial charge in [0.15, 0.2) is 13.6 Å². The molecule has 2 rings (SSSR count). The van der Waals surface area contributed by atoms with Crippen molar-refractivity contribution in [3.63, 3.8) is 0 Å². The van der Waals surface area contributed by atoms with Crippen LogP contribution in [0, 0.1) is 0 Å². The Kier molecular flexibility index (Phi) is 9.81. The second-order valence-electron chi connectivity index (χ2n) is 8.77. The zero-order valence-electron chi connectivity index (χ0n) is 21.5. The minimum Gasteiger partial charge on any atom is -0.465 e. The van der Waals surface area contributed by atoms with Crippen molar-refractivity contribution in [2.45, 2.75) is 60.5 Å². The Hall–Kier alpha value is -3.42. The molecule has 0 fully saturated rings. The smallest absolute Gasteiger partial charge is 0.339 e. The quantitative estimate of drug-likeness (QED) is 0.199. The van der Waals surface area contributed by atoms with Crippen molar-refractivity contribution in [1.82, 2.24) is 9.55 Å². The largest absolute Gasteiger partial charge is 0.465 e. The van der Waals surface area contributed by atoms with Crippen LogP contribution in [0.4, 0.5) is 4.39 Å². The van der Waals surface area contributed by atoms with Crippen molar-refractivity contribution in [2.75, 3.05) is 6.61 Å². The van der Waals surface area contributed by atoms with E-state index in [0.717, 1.165) is 5.57 Å². The molecule has 0 saturated heterocycles. The number of carbonyl (C=O) groups excluding carboxylic acids is 2. The van der Waals surface area contributed by atoms with E-state index >= 15 is 0 Å². The minimum atomic E-state index is -0.633. The van der Waals surface area contributed by atoms with E-state index in [2.05, 4.69) is 4.98 Å². The highest BCUT2D eigenvalue weighted by Crippen LogP contribution is 2.25. The van der Waals surface area contributed by atoms with E-state index in [9.17, 15) is 14.0 Å². The maximum atomic E-state index is 14.6. The molecule has 1 aromatic heterocycles. The molecule has 6 nitrogen and oxygen atoms in total. The number of carbonyl (C=O) groups is 2. The summed E-state index contributed by atoms with van der Waals surface area (Å²) >= 11 is 0. The average Bonchev–Trinajstić information content (AvgIpc) is 3.14. The second-order valence-corrected chi connectivity index (χ2v) is 8.77. The van der Waals surface area contributed by atoms with Crippen LogP contribution in [0.3, 0.4) is 0 Å². The minimum absolute atomic E-state index is 0.0494. The molecule has 1 radical (unpaired) electrons. The molecule has 0 unspecified atom stereocenters. The van der Waals surface area contributed by atoms with Gasteiger partial charge in [-0.2, -0.15) is 0 Å². The van der Waals surface area contributed by atoms with Gasteiger partial charge >= 0.3 is 5.97 Å². The molecule has 0 bridgehead atoms. The Morgan fingerprint density at radius 1 is 1.20 bits per heavy atom. The van der Waals surface area contributed by atoms with E-state index in [0.29, 0.717) is 40.9 Å². The van der Waals surface area contributed by atoms with E-state index in [-0.39, 0.29) is 12.6 Å². The maximum Gasteiger partial charge on any atom is 0.339 e. The number of aldehydes is 1. The van der Waals surface area contributed by atoms with Crippen molar-refractivity contribution < 1.29 is 23.5 Å². The molecule has 1 heterocycles. The molecule has 0 atom stereocenters. The standard InChI is InChI=1S/C27H33BFN2O4/c1-8-19(21-12-10-11-13-22(21)25(33)35-27(4,5)6)14-15-20(18(3)29)16-31-23(17-32)24(28-7)30-26(31)34-9-2/h8,10-15,17H,9,16H2,1-7H3/b15-14-,19-8+,20-18-. The summed E-state index contributed by atoms with van der Waals surface area (Å²) in [6.07, 6.45) is 5.91. The molecular formula is C27H33BFN2O4. The molecule has 0 aliphatic carbocycles. The first-order chi connectivity index (χ1) is 16.6. The van der Waals surface area contributed by atoms with Crippen LogP contribution in [0.15, 0.2) is 53.9 Å². The molecule has 35 heavy (non-hydrogen) atoms. The lowest BCUT2D eigenvalue weighted by Gasteiger charge is -2.20. The Balaban J connectivity index is 2.44. The Morgan fingerprint density at radius 2 is 1.86 bits per heavy atom. The van der Waals surface area contributed by atoms with Gasteiger partial charge in [0.25, 0.3) is 6.01 Å². The summed E-state index contributed by atoms with van der Waals surface area (Å²) in [5, 5.41) is 0. The van der Waals surface area contributed by atoms with Crippen molar-refractivity contribution in [3.05, 3.63) is 70.7 Å². The van der Waals surface area contributed by atoms with Gasteiger partial charge in [0.2, 0.25) is 0 Å². The van der Waals surface area contributed by atoms with Crippen LogP contribution in [-0.4, -0.2) is 41.3 Å². The topological polar surface area (TPSA) is 70.4 Å². The number of ether oxygens (including phenoxy) is 2. The van der Waals surface area contributed by atoms with Gasteiger partial charge in [0.05, 0.1) is 24.4 Å². The third-order valence-corrected chi connectivity index (χ3v) is 5.06. The predicted molar refractivity (Wildman–Crippen MR) is 138 cm³/mol. The highest BCUT2D eigenvalue weighted by Gasteiger charge is 2.21. The molecule has 0 aliphatic rings. The summed E-state index contributed by atoms with van der Waals surface area (Å²) in [5.41, 5.74) is 2.30. The normalized spacial score (nSPS) is 13.0. The first kappa shape index (κ1) is 27.8. The van der Waals surface area contributed by atoms with Crippen LogP contribution in [0.5, 0.6) is 6.01 Å². The van der Waals surface area contributed by atoms with Gasteiger partial charge in [0, 0.05) is 11.2 Å². The number of hydrogen-bond donors (Lipinski definition) is 0. The first-order valence-corrected chi connectivity index (χ1v) is 11.6. The van der Waals surface area contributed by atoms with Crippen LogP contribution in [0.25, 0.3) is 5.57 Å². The third-order valence-electron chi connectivity index (χ3n) is 5.06. The van der Waals surface area contributed by atoms with E-state index in [4.69, 9.17) is 9.47 Å². The maximum absolute atomic E-state index is 14.6.